The molecule has 1 fully saturated rings. The van der Waals surface area contributed by atoms with Crippen LogP contribution in [0.2, 0.25) is 6.32 Å². The molecule has 0 spiro atoms. The Morgan fingerprint density at radius 3 is 2.40 bits per heavy atom. The summed E-state index contributed by atoms with van der Waals surface area (Å²) in [6.07, 6.45) is 0.596. The maximum absolute atomic E-state index is 13.2. The summed E-state index contributed by atoms with van der Waals surface area (Å²) in [6, 6.07) is -1.57. The summed E-state index contributed by atoms with van der Waals surface area (Å²) < 4.78 is 28.7. The van der Waals surface area contributed by atoms with E-state index in [0.29, 0.717) is 6.42 Å². The fraction of sp³-hybridized carbons (Fsp3) is 0.875. The van der Waals surface area contributed by atoms with Gasteiger partial charge in [-0.2, -0.15) is 17.0 Å². The molecule has 0 bridgehead atoms. The lowest BCUT2D eigenvalue weighted by atomic mass is 9.78. The Morgan fingerprint density at radius 2 is 1.93 bits per heavy atom. The number of amides is 1. The molecular weight excluding hydrogens is 417 g/mol. The summed E-state index contributed by atoms with van der Waals surface area (Å²) in [5, 5.41) is 29.5. The summed E-state index contributed by atoms with van der Waals surface area (Å²) >= 11 is 0. The Balaban J connectivity index is 3.17. The smallest absolute Gasteiger partial charge is 0.451 e. The number of carboxylic acid groups (broad SMARTS) is 1. The van der Waals surface area contributed by atoms with Crippen LogP contribution in [-0.4, -0.2) is 95.0 Å². The average molecular weight is 451 g/mol. The maximum atomic E-state index is 13.2. The second-order valence-corrected chi connectivity index (χ2v) is 9.86. The number of hydrogen-bond donors (Lipinski definition) is 6. The Morgan fingerprint density at radius 1 is 1.33 bits per heavy atom. The minimum absolute atomic E-state index is 0.0395. The quantitative estimate of drug-likeness (QED) is 0.172. The standard InChI is InChI=1S/C16H34BN5O7S/c1-11(2)22(8-7-18)30(28,29)21-9-13(5-4-6-17(26)27)16(19,10-21)15(25)20-12(3)14(23)24/h11-13,26-27H,4-10,18-19H2,1-3H3,(H,20,25)(H,23,24)/t12-,13-,16-/m0/s1. The topological polar surface area (TPSA) is 200 Å². The van der Waals surface area contributed by atoms with Gasteiger partial charge in [-0.3, -0.25) is 9.59 Å². The van der Waals surface area contributed by atoms with Gasteiger partial charge in [0.25, 0.3) is 10.2 Å². The number of carbonyl (C=O) groups excluding carboxylic acids is 1. The highest BCUT2D eigenvalue weighted by Gasteiger charge is 2.53. The van der Waals surface area contributed by atoms with Crippen LogP contribution in [0, 0.1) is 5.92 Å². The van der Waals surface area contributed by atoms with Gasteiger partial charge in [-0.1, -0.05) is 6.42 Å². The van der Waals surface area contributed by atoms with Crippen LogP contribution in [0.3, 0.4) is 0 Å². The van der Waals surface area contributed by atoms with E-state index in [-0.39, 0.29) is 45.0 Å². The second kappa shape index (κ2) is 10.8. The van der Waals surface area contributed by atoms with E-state index in [4.69, 9.17) is 26.6 Å². The van der Waals surface area contributed by atoms with Crippen LogP contribution in [0.15, 0.2) is 0 Å². The van der Waals surface area contributed by atoms with Crippen LogP contribution in [0.25, 0.3) is 0 Å². The minimum atomic E-state index is -3.97. The number of rotatable bonds is 12. The molecule has 14 heteroatoms. The maximum Gasteiger partial charge on any atom is 0.451 e. The predicted octanol–water partition coefficient (Wildman–Crippen LogP) is -2.63. The van der Waals surface area contributed by atoms with E-state index in [1.54, 1.807) is 13.8 Å². The molecule has 0 saturated carbocycles. The molecule has 3 atom stereocenters. The lowest BCUT2D eigenvalue weighted by molar-refractivity contribution is -0.142. The van der Waals surface area contributed by atoms with Crippen molar-refractivity contribution in [2.24, 2.45) is 17.4 Å². The molecule has 0 aromatic heterocycles. The van der Waals surface area contributed by atoms with Crippen molar-refractivity contribution in [2.75, 3.05) is 26.2 Å². The summed E-state index contributed by atoms with van der Waals surface area (Å²) in [5.41, 5.74) is 10.3. The Hall–Kier alpha value is -1.29. The molecule has 1 saturated heterocycles. The highest BCUT2D eigenvalue weighted by Crippen LogP contribution is 2.33. The zero-order chi connectivity index (χ0) is 23.3. The van der Waals surface area contributed by atoms with Crippen molar-refractivity contribution in [1.82, 2.24) is 13.9 Å². The van der Waals surface area contributed by atoms with E-state index in [1.807, 2.05) is 0 Å². The number of carbonyl (C=O) groups is 2. The number of nitrogens with one attached hydrogen (secondary N) is 1. The van der Waals surface area contributed by atoms with Crippen LogP contribution < -0.4 is 16.8 Å². The van der Waals surface area contributed by atoms with E-state index >= 15 is 0 Å². The van der Waals surface area contributed by atoms with Gasteiger partial charge in [0.2, 0.25) is 5.91 Å². The SMILES string of the molecule is CC(C)N(CCN)S(=O)(=O)N1C[C@H](CCCB(O)O)[C@](N)(C(=O)N[C@@H](C)C(=O)O)C1. The summed E-state index contributed by atoms with van der Waals surface area (Å²) in [5.74, 6) is -2.65. The first-order valence-corrected chi connectivity index (χ1v) is 11.3. The third kappa shape index (κ3) is 6.36. The van der Waals surface area contributed by atoms with Gasteiger partial charge in [-0.05, 0) is 33.5 Å². The molecular formula is C16H34BN5O7S. The fourth-order valence-corrected chi connectivity index (χ4v) is 5.44. The fourth-order valence-electron chi connectivity index (χ4n) is 3.53. The van der Waals surface area contributed by atoms with Crippen molar-refractivity contribution in [3.63, 3.8) is 0 Å². The molecule has 30 heavy (non-hydrogen) atoms. The van der Waals surface area contributed by atoms with Gasteiger partial charge < -0.3 is 31.9 Å². The molecule has 174 valence electrons. The number of nitrogens with two attached hydrogens (primary N) is 2. The molecule has 0 unspecified atom stereocenters. The molecule has 1 rings (SSSR count). The van der Waals surface area contributed by atoms with E-state index in [2.05, 4.69) is 5.32 Å². The predicted molar refractivity (Wildman–Crippen MR) is 111 cm³/mol. The van der Waals surface area contributed by atoms with Crippen LogP contribution in [-0.2, 0) is 19.8 Å². The van der Waals surface area contributed by atoms with Gasteiger partial charge in [0.05, 0.1) is 0 Å². The third-order valence-corrected chi connectivity index (χ3v) is 7.42. The number of carboxylic acids is 1. The first-order chi connectivity index (χ1) is 13.8. The molecule has 1 aliphatic heterocycles. The van der Waals surface area contributed by atoms with E-state index < -0.39 is 46.7 Å². The Labute approximate surface area is 177 Å². The zero-order valence-electron chi connectivity index (χ0n) is 17.7. The third-order valence-electron chi connectivity index (χ3n) is 5.29. The van der Waals surface area contributed by atoms with Crippen molar-refractivity contribution >= 4 is 29.2 Å². The molecule has 12 nitrogen and oxygen atoms in total. The summed E-state index contributed by atoms with van der Waals surface area (Å²) in [6.45, 7) is 4.54. The largest absolute Gasteiger partial charge is 0.480 e. The van der Waals surface area contributed by atoms with Gasteiger partial charge in [0, 0.05) is 38.1 Å². The molecule has 1 amide bonds. The lowest BCUT2D eigenvalue weighted by Gasteiger charge is -2.31. The van der Waals surface area contributed by atoms with Crippen molar-refractivity contribution in [2.45, 2.75) is 57.6 Å². The van der Waals surface area contributed by atoms with Crippen LogP contribution >= 0.6 is 0 Å². The highest BCUT2D eigenvalue weighted by molar-refractivity contribution is 7.86. The van der Waals surface area contributed by atoms with Crippen LogP contribution in [0.4, 0.5) is 0 Å². The van der Waals surface area contributed by atoms with Gasteiger partial charge in [0.1, 0.15) is 11.6 Å². The molecule has 0 aromatic rings. The lowest BCUT2D eigenvalue weighted by Crippen LogP contribution is -2.62. The highest BCUT2D eigenvalue weighted by atomic mass is 32.2. The average Bonchev–Trinajstić information content (AvgIpc) is 2.97. The molecule has 0 aliphatic carbocycles. The molecule has 1 heterocycles. The van der Waals surface area contributed by atoms with E-state index in [0.717, 1.165) is 4.31 Å². The zero-order valence-corrected chi connectivity index (χ0v) is 18.5. The number of aliphatic carboxylic acids is 1. The number of hydrogen-bond acceptors (Lipinski definition) is 8. The monoisotopic (exact) mass is 451 g/mol. The Kier molecular flexibility index (Phi) is 9.67. The number of nitrogens with zero attached hydrogens (tertiary/aromatic N) is 2. The van der Waals surface area contributed by atoms with E-state index in [1.165, 1.54) is 11.2 Å². The molecule has 1 aliphatic rings. The van der Waals surface area contributed by atoms with Crippen molar-refractivity contribution < 1.29 is 33.2 Å². The normalized spacial score (nSPS) is 23.7. The van der Waals surface area contributed by atoms with Gasteiger partial charge >= 0.3 is 13.1 Å². The van der Waals surface area contributed by atoms with Gasteiger partial charge in [-0.25, -0.2) is 0 Å². The van der Waals surface area contributed by atoms with Crippen LogP contribution in [0.1, 0.15) is 33.6 Å². The second-order valence-electron chi connectivity index (χ2n) is 7.98. The van der Waals surface area contributed by atoms with Crippen LogP contribution in [0.5, 0.6) is 0 Å². The van der Waals surface area contributed by atoms with Gasteiger partial charge in [-0.15, -0.1) is 0 Å². The van der Waals surface area contributed by atoms with Crippen molar-refractivity contribution in [3.05, 3.63) is 0 Å². The van der Waals surface area contributed by atoms with Crippen molar-refractivity contribution in [1.29, 1.82) is 0 Å². The molecule has 0 aromatic carbocycles. The Bertz CT molecular complexity index is 708. The molecule has 0 radical (unpaired) electrons. The van der Waals surface area contributed by atoms with E-state index in [9.17, 15) is 18.0 Å². The van der Waals surface area contributed by atoms with Crippen molar-refractivity contribution in [3.8, 4) is 0 Å². The first-order valence-electron chi connectivity index (χ1n) is 9.93. The first kappa shape index (κ1) is 26.7. The molecule has 8 N–H and O–H groups in total. The summed E-state index contributed by atoms with van der Waals surface area (Å²) in [7, 11) is -5.50. The van der Waals surface area contributed by atoms with Gasteiger partial charge in [0.15, 0.2) is 0 Å². The minimum Gasteiger partial charge on any atom is -0.480 e. The summed E-state index contributed by atoms with van der Waals surface area (Å²) in [4.78, 5) is 23.9.